The highest BCUT2D eigenvalue weighted by molar-refractivity contribution is 5.74. The number of hydrogen-bond acceptors (Lipinski definition) is 5. The Morgan fingerprint density at radius 2 is 1.94 bits per heavy atom. The fraction of sp³-hybridized carbons (Fsp3) is 0.300. The Bertz CT molecular complexity index is 498. The maximum absolute atomic E-state index is 10.6. The topological polar surface area (TPSA) is 113 Å². The first-order valence-corrected chi connectivity index (χ1v) is 4.92. The van der Waals surface area contributed by atoms with Crippen molar-refractivity contribution in [3.63, 3.8) is 0 Å². The summed E-state index contributed by atoms with van der Waals surface area (Å²) in [5.41, 5.74) is 12.5. The summed E-state index contributed by atoms with van der Waals surface area (Å²) in [7, 11) is 0. The summed E-state index contributed by atoms with van der Waals surface area (Å²) in [6, 6.07) is 2.93. The monoisotopic (exact) mass is 237 g/mol. The second-order valence-corrected chi connectivity index (χ2v) is 3.55. The van der Waals surface area contributed by atoms with Gasteiger partial charge in [0.05, 0.1) is 11.4 Å². The van der Waals surface area contributed by atoms with E-state index in [1.165, 1.54) is 4.68 Å². The van der Waals surface area contributed by atoms with Crippen LogP contribution < -0.4 is 11.5 Å². The van der Waals surface area contributed by atoms with Gasteiger partial charge >= 0.3 is 6.03 Å². The van der Waals surface area contributed by atoms with Crippen molar-refractivity contribution in [2.45, 2.75) is 20.8 Å². The molecule has 0 aliphatic carbocycles. The van der Waals surface area contributed by atoms with Crippen molar-refractivity contribution in [1.29, 1.82) is 0 Å². The van der Waals surface area contributed by atoms with Crippen LogP contribution in [0.1, 0.15) is 17.1 Å². The van der Waals surface area contributed by atoms with Crippen molar-refractivity contribution in [2.24, 2.45) is 5.73 Å². The van der Waals surface area contributed by atoms with Crippen LogP contribution in [0.25, 0.3) is 0 Å². The molecule has 1 amide bonds. The lowest BCUT2D eigenvalue weighted by Gasteiger charge is -1.93. The van der Waals surface area contributed by atoms with Crippen LogP contribution in [-0.2, 0) is 0 Å². The van der Waals surface area contributed by atoms with Crippen molar-refractivity contribution in [3.8, 4) is 0 Å². The van der Waals surface area contributed by atoms with Gasteiger partial charge in [-0.2, -0.15) is 9.78 Å². The first-order chi connectivity index (χ1) is 7.90. The van der Waals surface area contributed by atoms with Gasteiger partial charge in [-0.1, -0.05) is 5.16 Å². The molecular formula is C10H15N5O2. The number of amides is 1. The molecule has 0 unspecified atom stereocenters. The van der Waals surface area contributed by atoms with Crippen LogP contribution in [0.4, 0.5) is 10.7 Å². The van der Waals surface area contributed by atoms with Gasteiger partial charge in [0, 0.05) is 11.8 Å². The zero-order valence-electron chi connectivity index (χ0n) is 9.97. The number of aromatic nitrogens is 3. The van der Waals surface area contributed by atoms with E-state index in [-0.39, 0.29) is 0 Å². The number of rotatable bonds is 0. The lowest BCUT2D eigenvalue weighted by molar-refractivity contribution is 0.247. The molecule has 7 heteroatoms. The third-order valence-corrected chi connectivity index (χ3v) is 1.86. The molecule has 7 nitrogen and oxygen atoms in total. The molecule has 0 saturated heterocycles. The summed E-state index contributed by atoms with van der Waals surface area (Å²) in [4.78, 5) is 10.6. The maximum atomic E-state index is 10.6. The summed E-state index contributed by atoms with van der Waals surface area (Å²) >= 11 is 0. The normalized spacial score (nSPS) is 9.59. The molecule has 0 fully saturated rings. The van der Waals surface area contributed by atoms with Gasteiger partial charge in [-0.15, -0.1) is 0 Å². The molecule has 0 saturated carbocycles. The minimum atomic E-state index is -0.536. The van der Waals surface area contributed by atoms with E-state index < -0.39 is 6.03 Å². The van der Waals surface area contributed by atoms with Crippen LogP contribution in [-0.4, -0.2) is 21.0 Å². The van der Waals surface area contributed by atoms with Crippen molar-refractivity contribution in [1.82, 2.24) is 14.9 Å². The number of carbonyl (C=O) groups is 1. The molecule has 0 aliphatic heterocycles. The molecule has 4 N–H and O–H groups in total. The van der Waals surface area contributed by atoms with Crippen molar-refractivity contribution >= 4 is 11.9 Å². The van der Waals surface area contributed by atoms with Gasteiger partial charge in [-0.25, -0.2) is 4.79 Å². The van der Waals surface area contributed by atoms with Crippen LogP contribution in [0.15, 0.2) is 16.7 Å². The zero-order valence-corrected chi connectivity index (χ0v) is 9.97. The number of primary amides is 1. The third kappa shape index (κ3) is 3.63. The van der Waals surface area contributed by atoms with E-state index in [2.05, 4.69) is 14.8 Å². The Morgan fingerprint density at radius 1 is 1.29 bits per heavy atom. The van der Waals surface area contributed by atoms with Gasteiger partial charge in [0.2, 0.25) is 5.88 Å². The van der Waals surface area contributed by atoms with E-state index in [0.717, 1.165) is 17.1 Å². The molecular weight excluding hydrogens is 222 g/mol. The Hall–Kier alpha value is -2.31. The van der Waals surface area contributed by atoms with Gasteiger partial charge < -0.3 is 16.0 Å². The van der Waals surface area contributed by atoms with E-state index >= 15 is 0 Å². The zero-order chi connectivity index (χ0) is 13.0. The molecule has 2 heterocycles. The lowest BCUT2D eigenvalue weighted by Crippen LogP contribution is -2.21. The standard InChI is InChI=1S/C6H9N3O.C4H6N2O/c1-4-3-5(2)9(8-4)6(7)10;1-3-2-4(5)7-6-3/h3H,1-2H3,(H2,7,10);2H,5H2,1H3. The molecule has 92 valence electrons. The molecule has 0 radical (unpaired) electrons. The number of aryl methyl sites for hydroxylation is 3. The number of nitrogens with two attached hydrogens (primary N) is 2. The average Bonchev–Trinajstić information content (AvgIpc) is 2.73. The third-order valence-electron chi connectivity index (χ3n) is 1.86. The van der Waals surface area contributed by atoms with E-state index in [1.807, 2.05) is 13.8 Å². The minimum absolute atomic E-state index is 0.373. The highest BCUT2D eigenvalue weighted by atomic mass is 16.5. The van der Waals surface area contributed by atoms with Gasteiger partial charge in [-0.3, -0.25) is 0 Å². The Morgan fingerprint density at radius 3 is 2.12 bits per heavy atom. The van der Waals surface area contributed by atoms with Crippen LogP contribution in [0.3, 0.4) is 0 Å². The predicted molar refractivity (Wildman–Crippen MR) is 62.3 cm³/mol. The summed E-state index contributed by atoms with van der Waals surface area (Å²) in [6.45, 7) is 5.41. The van der Waals surface area contributed by atoms with Crippen molar-refractivity contribution in [3.05, 3.63) is 29.2 Å². The SMILES string of the molecule is Cc1cc(C)n(C(N)=O)n1.Cc1cc(N)on1. The molecule has 17 heavy (non-hydrogen) atoms. The van der Waals surface area contributed by atoms with E-state index in [9.17, 15) is 4.79 Å². The predicted octanol–water partition coefficient (Wildman–Crippen LogP) is 0.992. The molecule has 2 aromatic heterocycles. The summed E-state index contributed by atoms with van der Waals surface area (Å²) in [5, 5.41) is 7.37. The molecule has 2 aromatic rings. The first kappa shape index (κ1) is 12.8. The quantitative estimate of drug-likeness (QED) is 0.709. The fourth-order valence-electron chi connectivity index (χ4n) is 1.24. The molecule has 0 aliphatic rings. The molecule has 0 atom stereocenters. The average molecular weight is 237 g/mol. The smallest absolute Gasteiger partial charge is 0.339 e. The van der Waals surface area contributed by atoms with Gasteiger partial charge in [-0.05, 0) is 26.8 Å². The van der Waals surface area contributed by atoms with Gasteiger partial charge in [0.25, 0.3) is 0 Å². The number of carbonyl (C=O) groups excluding carboxylic acids is 1. The Balaban J connectivity index is 0.000000181. The van der Waals surface area contributed by atoms with Crippen molar-refractivity contribution in [2.75, 3.05) is 5.73 Å². The highest BCUT2D eigenvalue weighted by Gasteiger charge is 2.03. The van der Waals surface area contributed by atoms with E-state index in [4.69, 9.17) is 11.5 Å². The van der Waals surface area contributed by atoms with Gasteiger partial charge in [0.1, 0.15) is 0 Å². The first-order valence-electron chi connectivity index (χ1n) is 4.92. The van der Waals surface area contributed by atoms with E-state index in [1.54, 1.807) is 19.1 Å². The van der Waals surface area contributed by atoms with Crippen LogP contribution in [0.5, 0.6) is 0 Å². The molecule has 0 aromatic carbocycles. The van der Waals surface area contributed by atoms with Crippen molar-refractivity contribution < 1.29 is 9.32 Å². The van der Waals surface area contributed by atoms with Crippen LogP contribution in [0, 0.1) is 20.8 Å². The number of hydrogen-bond donors (Lipinski definition) is 2. The molecule has 0 bridgehead atoms. The summed E-state index contributed by atoms with van der Waals surface area (Å²) in [6.07, 6.45) is 0. The fourth-order valence-corrected chi connectivity index (χ4v) is 1.24. The van der Waals surface area contributed by atoms with Gasteiger partial charge in [0.15, 0.2) is 0 Å². The number of nitrogen functional groups attached to an aromatic ring is 1. The number of anilines is 1. The number of nitrogens with zero attached hydrogens (tertiary/aromatic N) is 3. The summed E-state index contributed by atoms with van der Waals surface area (Å²) in [5.74, 6) is 0.373. The van der Waals surface area contributed by atoms with Crippen LogP contribution >= 0.6 is 0 Å². The second-order valence-electron chi connectivity index (χ2n) is 3.55. The Labute approximate surface area is 98.4 Å². The highest BCUT2D eigenvalue weighted by Crippen LogP contribution is 2.00. The molecule has 2 rings (SSSR count). The van der Waals surface area contributed by atoms with E-state index in [0.29, 0.717) is 5.88 Å². The largest absolute Gasteiger partial charge is 0.368 e. The van der Waals surface area contributed by atoms with Crippen LogP contribution in [0.2, 0.25) is 0 Å². The Kier molecular flexibility index (Phi) is 3.86. The summed E-state index contributed by atoms with van der Waals surface area (Å²) < 4.78 is 5.67. The molecule has 0 spiro atoms. The minimum Gasteiger partial charge on any atom is -0.368 e. The second kappa shape index (κ2) is 5.15. The lowest BCUT2D eigenvalue weighted by atomic mass is 10.4. The maximum Gasteiger partial charge on any atom is 0.339 e.